The van der Waals surface area contributed by atoms with Crippen LogP contribution < -0.4 is 5.43 Å². The number of amides is 1. The third-order valence-corrected chi connectivity index (χ3v) is 2.21. The second-order valence-corrected chi connectivity index (χ2v) is 4.01. The van der Waals surface area contributed by atoms with Crippen LogP contribution in [0, 0.1) is 12.7 Å². The predicted octanol–water partition coefficient (Wildman–Crippen LogP) is 1.66. The minimum absolute atomic E-state index is 0.0352. The number of hydrogen-bond acceptors (Lipinski definition) is 2. The third-order valence-electron chi connectivity index (χ3n) is 2.21. The average Bonchev–Trinajstić information content (AvgIpc) is 2.19. The maximum atomic E-state index is 13.0. The largest absolute Gasteiger partial charge is 0.289 e. The van der Waals surface area contributed by atoms with Crippen molar-refractivity contribution in [1.29, 1.82) is 0 Å². The van der Waals surface area contributed by atoms with Crippen LogP contribution in [0.3, 0.4) is 0 Å². The van der Waals surface area contributed by atoms with E-state index in [9.17, 15) is 9.18 Å². The first-order valence-corrected chi connectivity index (χ1v) is 5.21. The van der Waals surface area contributed by atoms with Gasteiger partial charge in [0.05, 0.1) is 0 Å². The lowest BCUT2D eigenvalue weighted by Gasteiger charge is -2.11. The lowest BCUT2D eigenvalue weighted by Crippen LogP contribution is -2.36. The van der Waals surface area contributed by atoms with E-state index in [-0.39, 0.29) is 11.7 Å². The van der Waals surface area contributed by atoms with E-state index in [4.69, 9.17) is 0 Å². The van der Waals surface area contributed by atoms with Gasteiger partial charge >= 0.3 is 0 Å². The fourth-order valence-corrected chi connectivity index (χ4v) is 1.43. The summed E-state index contributed by atoms with van der Waals surface area (Å²) in [6.07, 6.45) is 1.03. The van der Waals surface area contributed by atoms with Gasteiger partial charge in [0.1, 0.15) is 5.82 Å². The molecule has 0 unspecified atom stereocenters. The lowest BCUT2D eigenvalue weighted by molar-refractivity contribution is -0.124. The maximum absolute atomic E-state index is 13.0. The molecule has 0 spiro atoms. The summed E-state index contributed by atoms with van der Waals surface area (Å²) in [6, 6.07) is 4.93. The van der Waals surface area contributed by atoms with E-state index in [1.54, 1.807) is 38.2 Å². The highest BCUT2D eigenvalue weighted by molar-refractivity contribution is 5.75. The average molecular weight is 224 g/mol. The van der Waals surface area contributed by atoms with Gasteiger partial charge in [-0.1, -0.05) is 12.1 Å². The summed E-state index contributed by atoms with van der Waals surface area (Å²) >= 11 is 0. The fourth-order valence-electron chi connectivity index (χ4n) is 1.43. The highest BCUT2D eigenvalue weighted by Crippen LogP contribution is 2.10. The van der Waals surface area contributed by atoms with Crippen LogP contribution in [0.25, 0.3) is 0 Å². The van der Waals surface area contributed by atoms with E-state index < -0.39 is 0 Å². The van der Waals surface area contributed by atoms with Gasteiger partial charge in [0.25, 0.3) is 0 Å². The van der Waals surface area contributed by atoms with Gasteiger partial charge in [0, 0.05) is 20.5 Å². The van der Waals surface area contributed by atoms with Crippen molar-refractivity contribution < 1.29 is 9.18 Å². The summed E-state index contributed by atoms with van der Waals surface area (Å²) < 4.78 is 13.0. The fraction of sp³-hybridized carbons (Fsp3) is 0.417. The van der Waals surface area contributed by atoms with E-state index in [2.05, 4.69) is 5.43 Å². The molecule has 0 aliphatic heterocycles. The van der Waals surface area contributed by atoms with Crippen molar-refractivity contribution in [2.45, 2.75) is 19.8 Å². The Hall–Kier alpha value is -1.42. The highest BCUT2D eigenvalue weighted by Gasteiger charge is 2.04. The van der Waals surface area contributed by atoms with E-state index in [0.717, 1.165) is 5.56 Å². The highest BCUT2D eigenvalue weighted by atomic mass is 19.1. The molecule has 4 heteroatoms. The number of halogens is 1. The Morgan fingerprint density at radius 3 is 2.69 bits per heavy atom. The first-order chi connectivity index (χ1) is 7.49. The zero-order chi connectivity index (χ0) is 12.1. The SMILES string of the molecule is Cc1cc(CCC(=O)NN(C)C)ccc1F. The molecule has 0 aliphatic rings. The normalized spacial score (nSPS) is 10.6. The van der Waals surface area contributed by atoms with Crippen LogP contribution in [-0.4, -0.2) is 25.0 Å². The summed E-state index contributed by atoms with van der Waals surface area (Å²) in [5.74, 6) is -0.242. The molecule has 1 aromatic rings. The van der Waals surface area contributed by atoms with Crippen molar-refractivity contribution in [3.05, 3.63) is 35.1 Å². The second-order valence-electron chi connectivity index (χ2n) is 4.01. The zero-order valence-electron chi connectivity index (χ0n) is 9.88. The van der Waals surface area contributed by atoms with E-state index in [1.807, 2.05) is 0 Å². The van der Waals surface area contributed by atoms with E-state index in [0.29, 0.717) is 18.4 Å². The molecule has 0 bridgehead atoms. The Morgan fingerprint density at radius 1 is 1.44 bits per heavy atom. The van der Waals surface area contributed by atoms with Crippen LogP contribution in [0.4, 0.5) is 4.39 Å². The molecular formula is C12H17FN2O. The quantitative estimate of drug-likeness (QED) is 0.789. The van der Waals surface area contributed by atoms with E-state index in [1.165, 1.54) is 6.07 Å². The zero-order valence-corrected chi connectivity index (χ0v) is 9.88. The van der Waals surface area contributed by atoms with Crippen LogP contribution in [0.1, 0.15) is 17.5 Å². The number of hydrogen-bond donors (Lipinski definition) is 1. The smallest absolute Gasteiger partial charge is 0.234 e. The minimum Gasteiger partial charge on any atom is -0.289 e. The van der Waals surface area contributed by atoms with Gasteiger partial charge in [0.2, 0.25) is 5.91 Å². The number of carbonyl (C=O) groups excluding carboxylic acids is 1. The van der Waals surface area contributed by atoms with Gasteiger partial charge in [-0.05, 0) is 30.5 Å². The summed E-state index contributed by atoms with van der Waals surface area (Å²) in [6.45, 7) is 1.72. The molecular weight excluding hydrogens is 207 g/mol. The van der Waals surface area contributed by atoms with Crippen LogP contribution in [0.5, 0.6) is 0 Å². The van der Waals surface area contributed by atoms with Crippen molar-refractivity contribution in [1.82, 2.24) is 10.4 Å². The van der Waals surface area contributed by atoms with E-state index >= 15 is 0 Å². The molecule has 1 aromatic carbocycles. The molecule has 0 radical (unpaired) electrons. The molecule has 88 valence electrons. The molecule has 1 amide bonds. The Bertz CT molecular complexity index is 377. The summed E-state index contributed by atoms with van der Waals surface area (Å²) in [5, 5.41) is 1.61. The molecule has 16 heavy (non-hydrogen) atoms. The predicted molar refractivity (Wildman–Crippen MR) is 61.3 cm³/mol. The maximum Gasteiger partial charge on any atom is 0.234 e. The molecule has 0 aliphatic carbocycles. The summed E-state index contributed by atoms with van der Waals surface area (Å²) in [7, 11) is 3.53. The molecule has 0 atom stereocenters. The van der Waals surface area contributed by atoms with Crippen molar-refractivity contribution in [3.8, 4) is 0 Å². The second kappa shape index (κ2) is 5.61. The van der Waals surface area contributed by atoms with Crippen molar-refractivity contribution in [3.63, 3.8) is 0 Å². The third kappa shape index (κ3) is 3.98. The van der Waals surface area contributed by atoms with Gasteiger partial charge in [-0.2, -0.15) is 0 Å². The Labute approximate surface area is 95.2 Å². The first kappa shape index (κ1) is 12.6. The topological polar surface area (TPSA) is 32.3 Å². The summed E-state index contributed by atoms with van der Waals surface area (Å²) in [5.41, 5.74) is 4.25. The van der Waals surface area contributed by atoms with Gasteiger partial charge in [-0.25, -0.2) is 9.40 Å². The molecule has 0 aromatic heterocycles. The van der Waals surface area contributed by atoms with Crippen LogP contribution in [0.2, 0.25) is 0 Å². The molecule has 0 saturated heterocycles. The number of aryl methyl sites for hydroxylation is 2. The number of nitrogens with one attached hydrogen (secondary N) is 1. The molecule has 0 heterocycles. The molecule has 3 nitrogen and oxygen atoms in total. The number of nitrogens with zero attached hydrogens (tertiary/aromatic N) is 1. The molecule has 1 rings (SSSR count). The van der Waals surface area contributed by atoms with Crippen LogP contribution in [0.15, 0.2) is 18.2 Å². The van der Waals surface area contributed by atoms with Gasteiger partial charge < -0.3 is 0 Å². The number of hydrazine groups is 1. The lowest BCUT2D eigenvalue weighted by atomic mass is 10.1. The van der Waals surface area contributed by atoms with Gasteiger partial charge in [-0.15, -0.1) is 0 Å². The first-order valence-electron chi connectivity index (χ1n) is 5.21. The van der Waals surface area contributed by atoms with Crippen molar-refractivity contribution in [2.75, 3.05) is 14.1 Å². The molecule has 0 fully saturated rings. The molecule has 1 N–H and O–H groups in total. The van der Waals surface area contributed by atoms with Crippen molar-refractivity contribution >= 4 is 5.91 Å². The number of carbonyl (C=O) groups is 1. The summed E-state index contributed by atoms with van der Waals surface area (Å²) in [4.78, 5) is 11.4. The van der Waals surface area contributed by atoms with Gasteiger partial charge in [-0.3, -0.25) is 10.2 Å². The Morgan fingerprint density at radius 2 is 2.12 bits per heavy atom. The number of rotatable bonds is 4. The standard InChI is InChI=1S/C12H17FN2O/c1-9-8-10(4-6-11(9)13)5-7-12(16)14-15(2)3/h4,6,8H,5,7H2,1-3H3,(H,14,16). The van der Waals surface area contributed by atoms with Crippen LogP contribution in [-0.2, 0) is 11.2 Å². The van der Waals surface area contributed by atoms with Crippen molar-refractivity contribution in [2.24, 2.45) is 0 Å². The monoisotopic (exact) mass is 224 g/mol. The Kier molecular flexibility index (Phi) is 4.43. The van der Waals surface area contributed by atoms with Crippen LogP contribution >= 0.6 is 0 Å². The Balaban J connectivity index is 2.48. The number of benzene rings is 1. The minimum atomic E-state index is -0.207. The molecule has 0 saturated carbocycles. The van der Waals surface area contributed by atoms with Gasteiger partial charge in [0.15, 0.2) is 0 Å².